The second-order valence-electron chi connectivity index (χ2n) is 9.23. The fourth-order valence-electron chi connectivity index (χ4n) is 3.47. The molecule has 2 rings (SSSR count). The minimum absolute atomic E-state index is 0.0740. The lowest BCUT2D eigenvalue weighted by molar-refractivity contribution is 0.0948. The van der Waals surface area contributed by atoms with Gasteiger partial charge in [-0.25, -0.2) is 4.98 Å². The van der Waals surface area contributed by atoms with Crippen molar-refractivity contribution < 1.29 is 9.90 Å². The van der Waals surface area contributed by atoms with E-state index in [0.717, 1.165) is 24.8 Å². The molecule has 0 atom stereocenters. The van der Waals surface area contributed by atoms with Crippen LogP contribution in [0, 0.1) is 16.7 Å². The average molecular weight is 426 g/mol. The van der Waals surface area contributed by atoms with Crippen molar-refractivity contribution in [2.24, 2.45) is 5.41 Å². The molecule has 1 aromatic rings. The molecular weight excluding hydrogens is 390 g/mol. The third kappa shape index (κ3) is 7.82. The minimum atomic E-state index is -0.357. The first-order chi connectivity index (χ1) is 14.7. The third-order valence-corrected chi connectivity index (χ3v) is 5.64. The molecule has 7 nitrogen and oxygen atoms in total. The van der Waals surface area contributed by atoms with Crippen molar-refractivity contribution in [3.8, 4) is 6.07 Å². The molecule has 0 aliphatic heterocycles. The summed E-state index contributed by atoms with van der Waals surface area (Å²) in [6.07, 6.45) is 14.3. The first-order valence-electron chi connectivity index (χ1n) is 10.8. The van der Waals surface area contributed by atoms with E-state index in [-0.39, 0.29) is 29.6 Å². The summed E-state index contributed by atoms with van der Waals surface area (Å²) in [4.78, 5) is 18.7. The van der Waals surface area contributed by atoms with Crippen LogP contribution in [0.5, 0.6) is 0 Å². The molecule has 168 valence electrons. The summed E-state index contributed by atoms with van der Waals surface area (Å²) < 4.78 is 0. The Kier molecular flexibility index (Phi) is 8.78. The van der Waals surface area contributed by atoms with E-state index < -0.39 is 0 Å². The maximum absolute atomic E-state index is 12.1. The van der Waals surface area contributed by atoms with E-state index in [0.29, 0.717) is 18.5 Å². The number of amides is 1. The molecule has 4 N–H and O–H groups in total. The highest BCUT2D eigenvalue weighted by Crippen LogP contribution is 2.35. The molecule has 31 heavy (non-hydrogen) atoms. The molecule has 0 saturated carbocycles. The largest absolute Gasteiger partial charge is 0.395 e. The number of carbonyl (C=O) groups excluding carboxylic acids is 1. The second-order valence-corrected chi connectivity index (χ2v) is 9.23. The number of nitrogens with one attached hydrogen (secondary N) is 3. The first kappa shape index (κ1) is 24.6. The Hall–Kier alpha value is -2.69. The van der Waals surface area contributed by atoms with E-state index >= 15 is 0 Å². The molecule has 1 aliphatic carbocycles. The van der Waals surface area contributed by atoms with Crippen LogP contribution in [-0.2, 0) is 0 Å². The maximum atomic E-state index is 12.1. The van der Waals surface area contributed by atoms with Gasteiger partial charge >= 0.3 is 0 Å². The lowest BCUT2D eigenvalue weighted by atomic mass is 9.77. The Morgan fingerprint density at radius 1 is 1.45 bits per heavy atom. The number of carbonyl (C=O) groups is 1. The van der Waals surface area contributed by atoms with Crippen LogP contribution in [0.2, 0.25) is 0 Å². The number of rotatable bonds is 10. The van der Waals surface area contributed by atoms with Gasteiger partial charge in [0.1, 0.15) is 6.07 Å². The predicted molar refractivity (Wildman–Crippen MR) is 122 cm³/mol. The Balaban J connectivity index is 2.03. The van der Waals surface area contributed by atoms with Gasteiger partial charge in [-0.2, -0.15) is 5.26 Å². The van der Waals surface area contributed by atoms with Crippen molar-refractivity contribution in [2.75, 3.05) is 19.7 Å². The van der Waals surface area contributed by atoms with Gasteiger partial charge in [-0.15, -0.1) is 0 Å². The van der Waals surface area contributed by atoms with Crippen LogP contribution in [0.1, 0.15) is 69.7 Å². The highest BCUT2D eigenvalue weighted by molar-refractivity contribution is 5.90. The van der Waals surface area contributed by atoms with E-state index in [2.05, 4.69) is 60.4 Å². The molecular formula is C24H35N5O2. The highest BCUT2D eigenvalue weighted by atomic mass is 16.3. The number of imidazole rings is 1. The lowest BCUT2D eigenvalue weighted by Crippen LogP contribution is -2.42. The van der Waals surface area contributed by atoms with Gasteiger partial charge in [0.25, 0.3) is 5.91 Å². The molecule has 0 spiro atoms. The van der Waals surface area contributed by atoms with Gasteiger partial charge in [0, 0.05) is 24.8 Å². The third-order valence-electron chi connectivity index (χ3n) is 5.64. The molecule has 1 aliphatic rings. The van der Waals surface area contributed by atoms with Gasteiger partial charge in [-0.05, 0) is 50.5 Å². The normalized spacial score (nSPS) is 16.8. The van der Waals surface area contributed by atoms with Crippen LogP contribution in [0.25, 0.3) is 0 Å². The number of H-pyrrole nitrogens is 1. The Morgan fingerprint density at radius 3 is 2.84 bits per heavy atom. The lowest BCUT2D eigenvalue weighted by Gasteiger charge is -2.30. The number of β-amino-alcohol motifs (C(OH)–C–C–N with tert-alkyl or cyclic N) is 1. The van der Waals surface area contributed by atoms with Gasteiger partial charge in [0.2, 0.25) is 0 Å². The second kappa shape index (κ2) is 11.1. The SMILES string of the molecule is CC1(C)CC=C(C/C=C(\C=C/CNC(=O)c2nc(C#N)c[nH]2)C(C)(C)NCCO)CC1. The van der Waals surface area contributed by atoms with Gasteiger partial charge in [0.05, 0.1) is 6.61 Å². The van der Waals surface area contributed by atoms with E-state index in [9.17, 15) is 9.90 Å². The van der Waals surface area contributed by atoms with Crippen LogP contribution in [0.4, 0.5) is 0 Å². The van der Waals surface area contributed by atoms with Crippen molar-refractivity contribution in [2.45, 2.75) is 58.9 Å². The smallest absolute Gasteiger partial charge is 0.287 e. The Morgan fingerprint density at radius 2 is 2.23 bits per heavy atom. The standard InChI is InChI=1S/C24H35N5O2/c1-23(2)11-9-18(10-12-23)7-8-19(24(3,4)28-14-15-30)6-5-13-26-22(31)21-27-17-20(16-25)29-21/h5-6,8-9,17,28,30H,7,10-15H2,1-4H3,(H,26,31)(H,27,29)/b6-5-,19-8+. The molecule has 0 aromatic carbocycles. The van der Waals surface area contributed by atoms with Crippen molar-refractivity contribution in [3.05, 3.63) is 53.2 Å². The number of aliphatic hydroxyl groups excluding tert-OH is 1. The van der Waals surface area contributed by atoms with Gasteiger partial charge in [-0.1, -0.05) is 43.7 Å². The summed E-state index contributed by atoms with van der Waals surface area (Å²) in [5, 5.41) is 24.2. The van der Waals surface area contributed by atoms with E-state index in [1.54, 1.807) is 0 Å². The molecule has 0 radical (unpaired) electrons. The first-order valence-corrected chi connectivity index (χ1v) is 10.8. The summed E-state index contributed by atoms with van der Waals surface area (Å²) in [6.45, 7) is 9.71. The quantitative estimate of drug-likeness (QED) is 0.339. The fourth-order valence-corrected chi connectivity index (χ4v) is 3.47. The minimum Gasteiger partial charge on any atom is -0.395 e. The number of nitriles is 1. The van der Waals surface area contributed by atoms with Crippen LogP contribution in [0.15, 0.2) is 41.6 Å². The van der Waals surface area contributed by atoms with Crippen molar-refractivity contribution in [1.29, 1.82) is 5.26 Å². The number of aromatic amines is 1. The number of hydrogen-bond acceptors (Lipinski definition) is 5. The Bertz CT molecular complexity index is 884. The van der Waals surface area contributed by atoms with Crippen molar-refractivity contribution >= 4 is 5.91 Å². The Labute approximate surface area is 185 Å². The molecule has 1 amide bonds. The van der Waals surface area contributed by atoms with Crippen LogP contribution < -0.4 is 10.6 Å². The topological polar surface area (TPSA) is 114 Å². The number of nitrogens with zero attached hydrogens (tertiary/aromatic N) is 2. The van der Waals surface area contributed by atoms with Crippen molar-refractivity contribution in [3.63, 3.8) is 0 Å². The zero-order chi connectivity index (χ0) is 22.9. The van der Waals surface area contributed by atoms with Gasteiger partial charge in [0.15, 0.2) is 11.5 Å². The number of aliphatic hydroxyl groups is 1. The maximum Gasteiger partial charge on any atom is 0.287 e. The zero-order valence-electron chi connectivity index (χ0n) is 19.1. The van der Waals surface area contributed by atoms with Crippen LogP contribution in [-0.4, -0.2) is 46.2 Å². The van der Waals surface area contributed by atoms with E-state index in [1.807, 2.05) is 18.2 Å². The number of hydrogen-bond donors (Lipinski definition) is 4. The average Bonchev–Trinajstić information content (AvgIpc) is 3.21. The fraction of sp³-hybridized carbons (Fsp3) is 0.542. The molecule has 7 heteroatoms. The summed E-state index contributed by atoms with van der Waals surface area (Å²) in [5.74, 6) is -0.234. The van der Waals surface area contributed by atoms with E-state index in [1.165, 1.54) is 18.2 Å². The molecule has 1 aromatic heterocycles. The number of allylic oxidation sites excluding steroid dienone is 3. The molecule has 1 heterocycles. The summed E-state index contributed by atoms with van der Waals surface area (Å²) in [5.41, 5.74) is 2.81. The summed E-state index contributed by atoms with van der Waals surface area (Å²) in [7, 11) is 0. The highest BCUT2D eigenvalue weighted by Gasteiger charge is 2.23. The van der Waals surface area contributed by atoms with Gasteiger partial charge < -0.3 is 20.7 Å². The molecule has 0 fully saturated rings. The number of aromatic nitrogens is 2. The summed E-state index contributed by atoms with van der Waals surface area (Å²) in [6, 6.07) is 1.89. The molecule has 0 saturated heterocycles. The molecule has 0 unspecified atom stereocenters. The summed E-state index contributed by atoms with van der Waals surface area (Å²) >= 11 is 0. The van der Waals surface area contributed by atoms with Crippen LogP contribution in [0.3, 0.4) is 0 Å². The van der Waals surface area contributed by atoms with Crippen molar-refractivity contribution in [1.82, 2.24) is 20.6 Å². The van der Waals surface area contributed by atoms with Crippen LogP contribution >= 0.6 is 0 Å². The monoisotopic (exact) mass is 425 g/mol. The zero-order valence-corrected chi connectivity index (χ0v) is 19.1. The predicted octanol–water partition coefficient (Wildman–Crippen LogP) is 3.38. The molecule has 0 bridgehead atoms. The van der Waals surface area contributed by atoms with Gasteiger partial charge in [-0.3, -0.25) is 4.79 Å². The van der Waals surface area contributed by atoms with E-state index in [4.69, 9.17) is 5.26 Å².